The quantitative estimate of drug-likeness (QED) is 0.837. The predicted molar refractivity (Wildman–Crippen MR) is 77.1 cm³/mol. The van der Waals surface area contributed by atoms with Crippen LogP contribution < -0.4 is 0 Å². The van der Waals surface area contributed by atoms with E-state index in [1.807, 2.05) is 13.8 Å². The van der Waals surface area contributed by atoms with Crippen molar-refractivity contribution in [3.63, 3.8) is 0 Å². The van der Waals surface area contributed by atoms with Gasteiger partial charge in [0.25, 0.3) is 0 Å². The van der Waals surface area contributed by atoms with E-state index in [4.69, 9.17) is 4.74 Å². The lowest BCUT2D eigenvalue weighted by Crippen LogP contribution is -2.60. The zero-order chi connectivity index (χ0) is 15.4. The summed E-state index contributed by atoms with van der Waals surface area (Å²) in [6.07, 6.45) is 0.264. The lowest BCUT2D eigenvalue weighted by Gasteiger charge is -2.56. The highest BCUT2D eigenvalue weighted by atomic mass is 19.1. The molecule has 0 spiro atoms. The van der Waals surface area contributed by atoms with Gasteiger partial charge in [-0.3, -0.25) is 0 Å². The highest BCUT2D eigenvalue weighted by Gasteiger charge is 2.56. The van der Waals surface area contributed by atoms with Gasteiger partial charge < -0.3 is 14.9 Å². The number of aliphatic hydroxyl groups excluding tert-OH is 1. The Morgan fingerprint density at radius 3 is 2.38 bits per heavy atom. The van der Waals surface area contributed by atoms with Crippen molar-refractivity contribution in [3.8, 4) is 0 Å². The third kappa shape index (κ3) is 2.39. The van der Waals surface area contributed by atoms with Crippen molar-refractivity contribution in [1.82, 2.24) is 0 Å². The second-order valence-electron chi connectivity index (χ2n) is 7.21. The molecule has 1 aromatic carbocycles. The summed E-state index contributed by atoms with van der Waals surface area (Å²) >= 11 is 0. The predicted octanol–water partition coefficient (Wildman–Crippen LogP) is 2.81. The van der Waals surface area contributed by atoms with Gasteiger partial charge in [-0.1, -0.05) is 12.1 Å². The first-order valence-corrected chi connectivity index (χ1v) is 7.55. The first-order chi connectivity index (χ1) is 9.72. The molecule has 2 aliphatic rings. The molecule has 4 heteroatoms. The summed E-state index contributed by atoms with van der Waals surface area (Å²) in [7, 11) is 0. The van der Waals surface area contributed by atoms with Crippen LogP contribution in [0.25, 0.3) is 0 Å². The third-order valence-electron chi connectivity index (χ3n) is 5.45. The van der Waals surface area contributed by atoms with Gasteiger partial charge in [0.15, 0.2) is 0 Å². The van der Waals surface area contributed by atoms with Crippen LogP contribution in [-0.4, -0.2) is 27.5 Å². The van der Waals surface area contributed by atoms with Crippen molar-refractivity contribution in [2.75, 3.05) is 0 Å². The van der Waals surface area contributed by atoms with E-state index in [0.717, 1.165) is 12.0 Å². The zero-order valence-corrected chi connectivity index (χ0v) is 12.7. The van der Waals surface area contributed by atoms with E-state index in [1.54, 1.807) is 19.1 Å². The van der Waals surface area contributed by atoms with E-state index in [1.165, 1.54) is 12.1 Å². The third-order valence-corrected chi connectivity index (χ3v) is 5.45. The topological polar surface area (TPSA) is 49.7 Å². The Bertz CT molecular complexity index is 523. The Hall–Kier alpha value is -0.970. The highest BCUT2D eigenvalue weighted by molar-refractivity contribution is 5.23. The number of hydrogen-bond donors (Lipinski definition) is 2. The number of halogens is 1. The van der Waals surface area contributed by atoms with E-state index in [0.29, 0.717) is 6.42 Å². The van der Waals surface area contributed by atoms with Crippen LogP contribution in [0.2, 0.25) is 0 Å². The Morgan fingerprint density at radius 1 is 1.14 bits per heavy atom. The van der Waals surface area contributed by atoms with Gasteiger partial charge in [-0.15, -0.1) is 0 Å². The Morgan fingerprint density at radius 2 is 1.76 bits per heavy atom. The fourth-order valence-corrected chi connectivity index (χ4v) is 3.85. The van der Waals surface area contributed by atoms with Gasteiger partial charge in [-0.2, -0.15) is 0 Å². The summed E-state index contributed by atoms with van der Waals surface area (Å²) in [5.41, 5.74) is -0.707. The normalized spacial score (nSPS) is 41.8. The molecule has 2 N–H and O–H groups in total. The first kappa shape index (κ1) is 14.9. The molecule has 21 heavy (non-hydrogen) atoms. The number of hydrogen-bond acceptors (Lipinski definition) is 3. The lowest BCUT2D eigenvalue weighted by atomic mass is 9.61. The van der Waals surface area contributed by atoms with Crippen molar-refractivity contribution in [3.05, 3.63) is 35.6 Å². The van der Waals surface area contributed by atoms with E-state index in [9.17, 15) is 14.6 Å². The molecule has 2 unspecified atom stereocenters. The Kier molecular flexibility index (Phi) is 3.39. The van der Waals surface area contributed by atoms with E-state index in [2.05, 4.69) is 0 Å². The van der Waals surface area contributed by atoms with Gasteiger partial charge in [0.2, 0.25) is 0 Å². The van der Waals surface area contributed by atoms with Crippen LogP contribution in [0.3, 0.4) is 0 Å². The Labute approximate surface area is 124 Å². The Balaban J connectivity index is 2.00. The molecule has 3 rings (SSSR count). The average molecular weight is 294 g/mol. The number of fused-ring (bicyclic) bond motifs is 2. The molecule has 2 fully saturated rings. The van der Waals surface area contributed by atoms with E-state index in [-0.39, 0.29) is 29.4 Å². The average Bonchev–Trinajstić information content (AvgIpc) is 2.40. The number of benzene rings is 1. The largest absolute Gasteiger partial charge is 0.390 e. The molecule has 1 saturated heterocycles. The fourth-order valence-electron chi connectivity index (χ4n) is 3.85. The van der Waals surface area contributed by atoms with Crippen molar-refractivity contribution in [2.24, 2.45) is 11.8 Å². The smallest absolute Gasteiger partial charge is 0.123 e. The van der Waals surface area contributed by atoms with Crippen LogP contribution in [-0.2, 0) is 4.74 Å². The highest BCUT2D eigenvalue weighted by Crippen LogP contribution is 2.54. The standard InChI is InChI=1S/C17H23FO3/c1-16(2)11-8-13(17(3,20)14(19)9-11)15(21-16)10-4-6-12(18)7-5-10/h4-7,11,13-15,19-20H,8-9H2,1-3H3/t11?,13?,14-,15-,17-/m0/s1. The summed E-state index contributed by atoms with van der Waals surface area (Å²) in [6.45, 7) is 5.73. The van der Waals surface area contributed by atoms with Crippen molar-refractivity contribution in [2.45, 2.75) is 57.0 Å². The molecule has 1 aromatic rings. The van der Waals surface area contributed by atoms with Gasteiger partial charge in [0.1, 0.15) is 5.82 Å². The number of ether oxygens (including phenoxy) is 1. The maximum atomic E-state index is 13.1. The molecule has 2 bridgehead atoms. The summed E-state index contributed by atoms with van der Waals surface area (Å²) in [4.78, 5) is 0. The first-order valence-electron chi connectivity index (χ1n) is 7.55. The van der Waals surface area contributed by atoms with Crippen LogP contribution in [0, 0.1) is 17.7 Å². The van der Waals surface area contributed by atoms with Crippen molar-refractivity contribution in [1.29, 1.82) is 0 Å². The van der Waals surface area contributed by atoms with Crippen molar-refractivity contribution < 1.29 is 19.3 Å². The SMILES string of the molecule is CC1(C)O[C@@H](c2ccc(F)cc2)C2CC1C[C@H](O)[C@@]2(C)O. The summed E-state index contributed by atoms with van der Waals surface area (Å²) < 4.78 is 19.4. The molecule has 1 aliphatic heterocycles. The maximum Gasteiger partial charge on any atom is 0.123 e. The van der Waals surface area contributed by atoms with Gasteiger partial charge in [0.05, 0.1) is 23.4 Å². The summed E-state index contributed by atoms with van der Waals surface area (Å²) in [5, 5.41) is 21.0. The van der Waals surface area contributed by atoms with E-state index >= 15 is 0 Å². The molecule has 5 atom stereocenters. The molecule has 0 aromatic heterocycles. The summed E-state index contributed by atoms with van der Waals surface area (Å²) in [6, 6.07) is 6.22. The van der Waals surface area contributed by atoms with E-state index < -0.39 is 11.7 Å². The minimum Gasteiger partial charge on any atom is -0.390 e. The molecule has 1 heterocycles. The number of aliphatic hydroxyl groups is 2. The molecule has 1 aliphatic carbocycles. The molecule has 1 saturated carbocycles. The number of rotatable bonds is 1. The van der Waals surface area contributed by atoms with Crippen LogP contribution >= 0.6 is 0 Å². The van der Waals surface area contributed by atoms with Gasteiger partial charge in [-0.05, 0) is 57.2 Å². The second-order valence-corrected chi connectivity index (χ2v) is 7.21. The van der Waals surface area contributed by atoms with Crippen LogP contribution in [0.1, 0.15) is 45.3 Å². The monoisotopic (exact) mass is 294 g/mol. The minimum absolute atomic E-state index is 0.190. The molecular formula is C17H23FO3. The summed E-state index contributed by atoms with van der Waals surface area (Å²) in [5.74, 6) is -0.263. The maximum absolute atomic E-state index is 13.1. The molecular weight excluding hydrogens is 271 g/mol. The van der Waals surface area contributed by atoms with Gasteiger partial charge in [0, 0.05) is 5.92 Å². The molecule has 0 amide bonds. The van der Waals surface area contributed by atoms with Gasteiger partial charge >= 0.3 is 0 Å². The van der Waals surface area contributed by atoms with Crippen molar-refractivity contribution >= 4 is 0 Å². The molecule has 116 valence electrons. The minimum atomic E-state index is -1.19. The molecule has 0 radical (unpaired) electrons. The second kappa shape index (κ2) is 4.77. The fraction of sp³-hybridized carbons (Fsp3) is 0.647. The zero-order valence-electron chi connectivity index (χ0n) is 12.7. The lowest BCUT2D eigenvalue weighted by molar-refractivity contribution is -0.261. The van der Waals surface area contributed by atoms with Crippen LogP contribution in [0.4, 0.5) is 4.39 Å². The van der Waals surface area contributed by atoms with Gasteiger partial charge in [-0.25, -0.2) is 4.39 Å². The molecule has 3 nitrogen and oxygen atoms in total. The van der Waals surface area contributed by atoms with Crippen LogP contribution in [0.15, 0.2) is 24.3 Å². The van der Waals surface area contributed by atoms with Crippen LogP contribution in [0.5, 0.6) is 0 Å².